The van der Waals surface area contributed by atoms with E-state index in [4.69, 9.17) is 8.53 Å². The monoisotopic (exact) mass is 898 g/mol. The number of nitrogens with zero attached hydrogens (tertiary/aromatic N) is 4. The molecule has 1 radical (unpaired) electrons. The molecule has 0 aliphatic carbocycles. The molecule has 5 nitrogen and oxygen atoms in total. The summed E-state index contributed by atoms with van der Waals surface area (Å²) < 4.78 is 31.3. The average molecular weight is 898 g/mol. The second-order valence-corrected chi connectivity index (χ2v) is 15.3. The number of hydrogen-bond donors (Lipinski definition) is 0. The van der Waals surface area contributed by atoms with Crippen molar-refractivity contribution in [2.75, 3.05) is 0 Å². The molecule has 0 bridgehead atoms. The van der Waals surface area contributed by atoms with Crippen LogP contribution in [-0.2, 0) is 30.9 Å². The van der Waals surface area contributed by atoms with E-state index in [0.29, 0.717) is 44.3 Å². The van der Waals surface area contributed by atoms with Crippen molar-refractivity contribution in [3.05, 3.63) is 162 Å². The van der Waals surface area contributed by atoms with Crippen LogP contribution >= 0.6 is 0 Å². The molecule has 0 N–H and O–H groups in total. The van der Waals surface area contributed by atoms with E-state index in [0.717, 1.165) is 33.6 Å². The maximum atomic E-state index is 10.1. The molecule has 0 aliphatic heterocycles. The number of nitriles is 1. The van der Waals surface area contributed by atoms with Crippen LogP contribution < -0.4 is 0 Å². The summed E-state index contributed by atoms with van der Waals surface area (Å²) >= 11 is 0. The minimum atomic E-state index is -2.41. The fourth-order valence-corrected chi connectivity index (χ4v) is 6.37. The van der Waals surface area contributed by atoms with Crippen molar-refractivity contribution >= 4 is 21.9 Å². The average Bonchev–Trinajstić information content (AvgIpc) is 3.60. The Kier molecular flexibility index (Phi) is 10.1. The van der Waals surface area contributed by atoms with E-state index in [9.17, 15) is 5.26 Å². The molecule has 8 aromatic rings. The van der Waals surface area contributed by atoms with E-state index in [-0.39, 0.29) is 36.5 Å². The van der Waals surface area contributed by atoms with Gasteiger partial charge in [0.2, 0.25) is 0 Å². The van der Waals surface area contributed by atoms with Gasteiger partial charge in [-0.3, -0.25) is 4.98 Å². The summed E-state index contributed by atoms with van der Waals surface area (Å²) in [5, 5.41) is 11.2. The van der Waals surface area contributed by atoms with Crippen LogP contribution in [0.5, 0.6) is 0 Å². The van der Waals surface area contributed by atoms with E-state index in [1.165, 1.54) is 18.0 Å². The third-order valence-corrected chi connectivity index (χ3v) is 9.42. The van der Waals surface area contributed by atoms with Crippen LogP contribution in [0.25, 0.3) is 66.7 Å². The predicted octanol–water partition coefficient (Wildman–Crippen LogP) is 12.5. The number of aromatic nitrogens is 3. The van der Waals surface area contributed by atoms with Gasteiger partial charge in [-0.1, -0.05) is 138 Å². The van der Waals surface area contributed by atoms with Crippen LogP contribution in [-0.4, -0.2) is 15.0 Å². The van der Waals surface area contributed by atoms with Gasteiger partial charge in [0.25, 0.3) is 0 Å². The molecule has 6 heteroatoms. The van der Waals surface area contributed by atoms with Gasteiger partial charge >= 0.3 is 0 Å². The van der Waals surface area contributed by atoms with Crippen LogP contribution in [0, 0.1) is 30.3 Å². The molecule has 0 spiro atoms. The van der Waals surface area contributed by atoms with Crippen molar-refractivity contribution in [2.24, 2.45) is 0 Å². The molecule has 5 aromatic carbocycles. The summed E-state index contributed by atoms with van der Waals surface area (Å²) in [6.45, 7) is 10.4. The quantitative estimate of drug-likeness (QED) is 0.165. The van der Waals surface area contributed by atoms with Gasteiger partial charge in [-0.05, 0) is 45.1 Å². The summed E-state index contributed by atoms with van der Waals surface area (Å²) in [6.07, 6.45) is 3.46. The second kappa shape index (κ2) is 15.9. The first-order valence-electron chi connectivity index (χ1n) is 19.4. The fraction of sp³-hybridized carbons (Fsp3) is 0.184. The maximum absolute atomic E-state index is 10.1. The van der Waals surface area contributed by atoms with Crippen LogP contribution in [0.2, 0.25) is 0 Å². The first-order valence-corrected chi connectivity index (χ1v) is 17.9. The second-order valence-electron chi connectivity index (χ2n) is 15.3. The van der Waals surface area contributed by atoms with Crippen molar-refractivity contribution in [3.8, 4) is 50.8 Å². The first kappa shape index (κ1) is 35.0. The molecular weight excluding hydrogens is 853 g/mol. The Morgan fingerprint density at radius 3 is 2.07 bits per heavy atom. The van der Waals surface area contributed by atoms with Crippen molar-refractivity contribution in [3.63, 3.8) is 0 Å². The van der Waals surface area contributed by atoms with Gasteiger partial charge in [0, 0.05) is 52.5 Å². The summed E-state index contributed by atoms with van der Waals surface area (Å²) in [5.74, 6) is 0. The van der Waals surface area contributed by atoms with Gasteiger partial charge in [0.15, 0.2) is 0 Å². The zero-order valence-corrected chi connectivity index (χ0v) is 34.0. The van der Waals surface area contributed by atoms with E-state index >= 15 is 0 Å². The van der Waals surface area contributed by atoms with Crippen LogP contribution in [0.3, 0.4) is 0 Å². The number of rotatable bonds is 4. The van der Waals surface area contributed by atoms with Crippen molar-refractivity contribution < 1.29 is 28.6 Å². The van der Waals surface area contributed by atoms with E-state index in [2.05, 4.69) is 86.8 Å². The smallest absolute Gasteiger partial charge is 0.130 e. The summed E-state index contributed by atoms with van der Waals surface area (Å²) in [5.41, 5.74) is 10.1. The summed E-state index contributed by atoms with van der Waals surface area (Å²) in [7, 11) is 0. The zero-order chi connectivity index (χ0) is 40.5. The maximum Gasteiger partial charge on any atom is 0.130 e. The number of aryl methyl sites for hydroxylation is 1. The van der Waals surface area contributed by atoms with Gasteiger partial charge in [0.1, 0.15) is 11.9 Å². The molecule has 0 atom stereocenters. The Labute approximate surface area is 341 Å². The Morgan fingerprint density at radius 1 is 0.709 bits per heavy atom. The van der Waals surface area contributed by atoms with Crippen LogP contribution in [0.1, 0.15) is 68.0 Å². The third-order valence-electron chi connectivity index (χ3n) is 9.42. The molecular formula is C49H42IrN4O-2. The number of benzene rings is 5. The molecule has 3 aromatic heterocycles. The molecule has 0 saturated heterocycles. The van der Waals surface area contributed by atoms with Crippen molar-refractivity contribution in [2.45, 2.75) is 59.2 Å². The van der Waals surface area contributed by atoms with Crippen LogP contribution in [0.15, 0.2) is 132 Å². The topological polar surface area (TPSA) is 75.6 Å². The Hall–Kier alpha value is -5.73. The molecule has 3 heterocycles. The SMILES string of the molecule is CC(C)(C)c1ccc(-c2[c-]cccc2)nc1.[2H]C([2H])([2H])c1c[c-]c(-c2cc(C(C)(C)C)ncn2)c2oc3c(-c4ccc(-c5ccccc5)cc4)c(C#N)ccc3c12.[Ir]. The van der Waals surface area contributed by atoms with Crippen molar-refractivity contribution in [1.29, 1.82) is 5.26 Å². The minimum Gasteiger partial charge on any atom is -0.500 e. The molecule has 0 unspecified atom stereocenters. The third kappa shape index (κ3) is 8.20. The Morgan fingerprint density at radius 2 is 1.44 bits per heavy atom. The van der Waals surface area contributed by atoms with E-state index < -0.39 is 6.85 Å². The van der Waals surface area contributed by atoms with Gasteiger partial charge in [-0.15, -0.1) is 53.6 Å². The van der Waals surface area contributed by atoms with E-state index in [1.807, 2.05) is 91.1 Å². The fourth-order valence-electron chi connectivity index (χ4n) is 6.37. The first-order chi connectivity index (χ1) is 27.1. The zero-order valence-electron chi connectivity index (χ0n) is 34.7. The Balaban J connectivity index is 0.000000280. The van der Waals surface area contributed by atoms with Gasteiger partial charge < -0.3 is 9.40 Å². The van der Waals surface area contributed by atoms with E-state index in [1.54, 1.807) is 12.1 Å². The number of pyridine rings is 1. The molecule has 0 saturated carbocycles. The molecule has 0 aliphatic rings. The molecule has 0 amide bonds. The predicted molar refractivity (Wildman–Crippen MR) is 220 cm³/mol. The minimum absolute atomic E-state index is 0. The number of fused-ring (bicyclic) bond motifs is 3. The summed E-state index contributed by atoms with van der Waals surface area (Å²) in [4.78, 5) is 13.4. The van der Waals surface area contributed by atoms with Crippen LogP contribution in [0.4, 0.5) is 0 Å². The van der Waals surface area contributed by atoms with Crippen molar-refractivity contribution in [1.82, 2.24) is 15.0 Å². The Bertz CT molecular complexity index is 2730. The van der Waals surface area contributed by atoms with Gasteiger partial charge in [-0.25, -0.2) is 4.98 Å². The van der Waals surface area contributed by atoms with Gasteiger partial charge in [-0.2, -0.15) is 5.26 Å². The normalized spacial score (nSPS) is 12.4. The molecule has 55 heavy (non-hydrogen) atoms. The number of furan rings is 1. The molecule has 8 rings (SSSR count). The van der Waals surface area contributed by atoms with Gasteiger partial charge in [0.05, 0.1) is 17.2 Å². The number of hydrogen-bond acceptors (Lipinski definition) is 5. The summed E-state index contributed by atoms with van der Waals surface area (Å²) in [6, 6.07) is 45.6. The largest absolute Gasteiger partial charge is 0.500 e. The standard InChI is InChI=1S/C34H26N3O.C15H16N.Ir/c1-21-10-16-26(28-18-29(34(2,3)4)37-20-36-28)32-30(21)27-17-15-25(19-35)31(33(27)38-32)24-13-11-23(12-14-24)22-8-6-5-7-9-22;1-15(2,3)13-9-10-14(16-11-13)12-7-5-4-6-8-12;/h5-15,17-18,20H,1-4H3;4-7,9-11H,1-3H3;/q2*-1;/i1D3;;. The molecule has 275 valence electrons. The molecule has 0 fully saturated rings.